The molecule has 2 rings (SSSR count). The number of aromatic nitrogens is 2. The van der Waals surface area contributed by atoms with Crippen LogP contribution in [0.5, 0.6) is 0 Å². The number of hydrogen-bond donors (Lipinski definition) is 5. The number of nitrogen functional groups attached to an aromatic ring is 1. The summed E-state index contributed by atoms with van der Waals surface area (Å²) in [5, 5.41) is 21.7. The molecular formula is C13H19N7S. The molecule has 0 aromatic carbocycles. The first-order chi connectivity index (χ1) is 10.0. The van der Waals surface area contributed by atoms with Crippen LogP contribution in [0.15, 0.2) is 11.9 Å². The largest absolute Gasteiger partial charge is 0.386 e. The molecule has 1 heterocycles. The van der Waals surface area contributed by atoms with Gasteiger partial charge in [-0.15, -0.1) is 11.8 Å². The predicted molar refractivity (Wildman–Crippen MR) is 88.2 cm³/mol. The summed E-state index contributed by atoms with van der Waals surface area (Å²) >= 11 is 1.29. The molecule has 1 aromatic heterocycles. The summed E-state index contributed by atoms with van der Waals surface area (Å²) in [4.78, 5) is 8.47. The fraction of sp³-hybridized carbons (Fsp3) is 0.385. The zero-order valence-corrected chi connectivity index (χ0v) is 12.8. The van der Waals surface area contributed by atoms with E-state index >= 15 is 0 Å². The third kappa shape index (κ3) is 3.94. The summed E-state index contributed by atoms with van der Waals surface area (Å²) in [6.45, 7) is 1.79. The maximum absolute atomic E-state index is 7.85. The van der Waals surface area contributed by atoms with Crippen molar-refractivity contribution in [3.63, 3.8) is 0 Å². The van der Waals surface area contributed by atoms with Crippen LogP contribution >= 0.6 is 11.8 Å². The second-order valence-corrected chi connectivity index (χ2v) is 5.55. The molecule has 7 nitrogen and oxygen atoms in total. The predicted octanol–water partition coefficient (Wildman–Crippen LogP) is 1.71. The third-order valence-corrected chi connectivity index (χ3v) is 3.62. The van der Waals surface area contributed by atoms with Crippen molar-refractivity contribution in [2.75, 3.05) is 17.3 Å². The van der Waals surface area contributed by atoms with E-state index in [1.54, 1.807) is 13.1 Å². The van der Waals surface area contributed by atoms with E-state index < -0.39 is 0 Å². The van der Waals surface area contributed by atoms with Gasteiger partial charge >= 0.3 is 0 Å². The highest BCUT2D eigenvalue weighted by molar-refractivity contribution is 8.13. The van der Waals surface area contributed by atoms with Gasteiger partial charge in [-0.3, -0.25) is 5.41 Å². The van der Waals surface area contributed by atoms with Gasteiger partial charge in [0.1, 0.15) is 5.82 Å². The molecule has 0 radical (unpaired) electrons. The molecule has 0 amide bonds. The van der Waals surface area contributed by atoms with E-state index in [4.69, 9.17) is 16.6 Å². The molecule has 6 N–H and O–H groups in total. The average Bonchev–Trinajstić information content (AvgIpc) is 3.26. The number of thioether (sulfide) groups is 1. The Kier molecular flexibility index (Phi) is 4.79. The van der Waals surface area contributed by atoms with E-state index in [2.05, 4.69) is 20.6 Å². The number of hydrogen-bond acceptors (Lipinski definition) is 8. The zero-order chi connectivity index (χ0) is 15.4. The molecule has 0 unspecified atom stereocenters. The Bertz CT molecular complexity index is 569. The summed E-state index contributed by atoms with van der Waals surface area (Å²) in [6.07, 6.45) is 7.08. The van der Waals surface area contributed by atoms with Crippen molar-refractivity contribution in [2.24, 2.45) is 0 Å². The van der Waals surface area contributed by atoms with E-state index in [0.717, 1.165) is 12.8 Å². The lowest BCUT2D eigenvalue weighted by molar-refractivity contribution is 0.858. The maximum Gasteiger partial charge on any atom is 0.229 e. The van der Waals surface area contributed by atoms with E-state index in [9.17, 15) is 0 Å². The number of aryl methyl sites for hydroxylation is 1. The minimum atomic E-state index is 0.267. The molecule has 8 heteroatoms. The standard InChI is InChI=1S/C13H19N7S/c1-7-10(12(16)21-2)11(15)20-13(18-7)19-9(5-14)6-17-8-3-4-8/h5-6,8,14,16-17H,3-4H2,1-2H3,(H3,15,18,19,20)/b9-6+,14-5?,16-12?. The molecule has 1 aromatic rings. The molecule has 1 fully saturated rings. The fourth-order valence-electron chi connectivity index (χ4n) is 1.73. The molecule has 112 valence electrons. The van der Waals surface area contributed by atoms with Crippen LogP contribution in [-0.2, 0) is 0 Å². The fourth-order valence-corrected chi connectivity index (χ4v) is 2.19. The highest BCUT2D eigenvalue weighted by Crippen LogP contribution is 2.21. The van der Waals surface area contributed by atoms with Gasteiger partial charge in [-0.1, -0.05) is 0 Å². The minimum Gasteiger partial charge on any atom is -0.386 e. The Balaban J connectivity index is 2.18. The van der Waals surface area contributed by atoms with Crippen LogP contribution in [0.25, 0.3) is 0 Å². The average molecular weight is 305 g/mol. The molecule has 0 aliphatic heterocycles. The van der Waals surface area contributed by atoms with Gasteiger partial charge < -0.3 is 21.8 Å². The first-order valence-corrected chi connectivity index (χ1v) is 7.78. The van der Waals surface area contributed by atoms with Crippen molar-refractivity contribution in [3.05, 3.63) is 23.2 Å². The Morgan fingerprint density at radius 1 is 1.43 bits per heavy atom. The molecule has 0 atom stereocenters. The normalized spacial score (nSPS) is 14.7. The van der Waals surface area contributed by atoms with Crippen LogP contribution < -0.4 is 16.4 Å². The van der Waals surface area contributed by atoms with Crippen molar-refractivity contribution < 1.29 is 0 Å². The van der Waals surface area contributed by atoms with Crippen LogP contribution in [0.4, 0.5) is 11.8 Å². The zero-order valence-electron chi connectivity index (χ0n) is 12.0. The smallest absolute Gasteiger partial charge is 0.229 e. The van der Waals surface area contributed by atoms with E-state index in [1.165, 1.54) is 18.0 Å². The van der Waals surface area contributed by atoms with Crippen molar-refractivity contribution in [1.29, 1.82) is 10.8 Å². The lowest BCUT2D eigenvalue weighted by Gasteiger charge is -2.11. The Labute approximate surface area is 127 Å². The molecule has 21 heavy (non-hydrogen) atoms. The molecule has 1 aliphatic rings. The number of allylic oxidation sites excluding steroid dienone is 1. The second-order valence-electron chi connectivity index (χ2n) is 4.74. The molecule has 0 bridgehead atoms. The van der Waals surface area contributed by atoms with Gasteiger partial charge in [0.25, 0.3) is 0 Å². The van der Waals surface area contributed by atoms with Crippen LogP contribution in [0.1, 0.15) is 24.1 Å². The first kappa shape index (κ1) is 15.3. The van der Waals surface area contributed by atoms with Gasteiger partial charge in [0.05, 0.1) is 22.0 Å². The molecule has 0 saturated heterocycles. The van der Waals surface area contributed by atoms with Gasteiger partial charge in [-0.25, -0.2) is 4.98 Å². The highest BCUT2D eigenvalue weighted by atomic mass is 32.2. The van der Waals surface area contributed by atoms with E-state index in [1.807, 2.05) is 6.26 Å². The summed E-state index contributed by atoms with van der Waals surface area (Å²) in [7, 11) is 0. The molecule has 0 spiro atoms. The quantitative estimate of drug-likeness (QED) is 0.402. The maximum atomic E-state index is 7.85. The Hall–Kier alpha value is -2.09. The van der Waals surface area contributed by atoms with Crippen molar-refractivity contribution in [1.82, 2.24) is 15.3 Å². The van der Waals surface area contributed by atoms with E-state index in [0.29, 0.717) is 34.0 Å². The van der Waals surface area contributed by atoms with Crippen molar-refractivity contribution in [3.8, 4) is 0 Å². The molecule has 1 aliphatic carbocycles. The monoisotopic (exact) mass is 305 g/mol. The van der Waals surface area contributed by atoms with Gasteiger partial charge in [-0.2, -0.15) is 4.98 Å². The third-order valence-electron chi connectivity index (χ3n) is 3.01. The number of nitrogens with one attached hydrogen (secondary N) is 4. The number of rotatable bonds is 6. The van der Waals surface area contributed by atoms with Gasteiger partial charge in [-0.05, 0) is 26.0 Å². The lowest BCUT2D eigenvalue weighted by atomic mass is 10.2. The summed E-state index contributed by atoms with van der Waals surface area (Å²) in [5.41, 5.74) is 7.68. The molecular weight excluding hydrogens is 286 g/mol. The van der Waals surface area contributed by atoms with Gasteiger partial charge in [0.2, 0.25) is 5.95 Å². The number of anilines is 2. The Morgan fingerprint density at radius 2 is 2.14 bits per heavy atom. The summed E-state index contributed by atoms with van der Waals surface area (Å²) in [5.74, 6) is 0.596. The Morgan fingerprint density at radius 3 is 2.67 bits per heavy atom. The lowest BCUT2D eigenvalue weighted by Crippen LogP contribution is -2.15. The SMILES string of the molecule is CSC(=N)c1c(C)nc(N/C(C=N)=C/NC2CC2)nc1N. The first-order valence-electron chi connectivity index (χ1n) is 6.56. The topological polar surface area (TPSA) is 124 Å². The van der Waals surface area contributed by atoms with Crippen LogP contribution in [0.2, 0.25) is 0 Å². The highest BCUT2D eigenvalue weighted by Gasteiger charge is 2.19. The number of nitrogens with zero attached hydrogens (tertiary/aromatic N) is 2. The summed E-state index contributed by atoms with van der Waals surface area (Å²) < 4.78 is 0. The van der Waals surface area contributed by atoms with Crippen LogP contribution in [0.3, 0.4) is 0 Å². The molecule has 1 saturated carbocycles. The van der Waals surface area contributed by atoms with Crippen molar-refractivity contribution >= 4 is 34.8 Å². The summed E-state index contributed by atoms with van der Waals surface area (Å²) in [6, 6.07) is 0.513. The van der Waals surface area contributed by atoms with Crippen molar-refractivity contribution in [2.45, 2.75) is 25.8 Å². The second kappa shape index (κ2) is 6.57. The van der Waals surface area contributed by atoms with Gasteiger partial charge in [0.15, 0.2) is 0 Å². The number of nitrogens with two attached hydrogens (primary N) is 1. The van der Waals surface area contributed by atoms with Crippen LogP contribution in [0, 0.1) is 17.7 Å². The van der Waals surface area contributed by atoms with Crippen LogP contribution in [-0.4, -0.2) is 33.5 Å². The van der Waals surface area contributed by atoms with E-state index in [-0.39, 0.29) is 5.82 Å². The van der Waals surface area contributed by atoms with Gasteiger partial charge in [0, 0.05) is 18.5 Å². The minimum absolute atomic E-state index is 0.267.